The molecule has 0 bridgehead atoms. The molecule has 0 unspecified atom stereocenters. The Morgan fingerprint density at radius 2 is 1.77 bits per heavy atom. The van der Waals surface area contributed by atoms with Crippen LogP contribution < -0.4 is 11.5 Å². The summed E-state index contributed by atoms with van der Waals surface area (Å²) in [4.78, 5) is 10.8. The van der Waals surface area contributed by atoms with Crippen molar-refractivity contribution in [1.29, 1.82) is 0 Å². The maximum atomic E-state index is 5.50. The van der Waals surface area contributed by atoms with E-state index in [4.69, 9.17) is 11.5 Å². The van der Waals surface area contributed by atoms with Crippen LogP contribution in [0.3, 0.4) is 0 Å². The van der Waals surface area contributed by atoms with E-state index in [9.17, 15) is 0 Å². The quantitative estimate of drug-likeness (QED) is 0.572. The van der Waals surface area contributed by atoms with Crippen molar-refractivity contribution in [2.75, 3.05) is 0 Å². The number of fused-ring (bicyclic) bond motifs is 1. The number of aromatic nitrogens is 1. The highest BCUT2D eigenvalue weighted by Crippen LogP contribution is 2.33. The van der Waals surface area contributed by atoms with Gasteiger partial charge < -0.3 is 11.5 Å². The maximum absolute atomic E-state index is 5.50. The number of pyridine rings is 1. The first-order valence-electron chi connectivity index (χ1n) is 6.85. The van der Waals surface area contributed by atoms with Gasteiger partial charge in [0, 0.05) is 21.4 Å². The predicted molar refractivity (Wildman–Crippen MR) is 92.5 cm³/mol. The largest absolute Gasteiger partial charge is 0.370 e. The van der Waals surface area contributed by atoms with E-state index in [1.54, 1.807) is 18.0 Å². The van der Waals surface area contributed by atoms with Gasteiger partial charge in [0.25, 0.3) is 0 Å². The van der Waals surface area contributed by atoms with E-state index in [1.165, 1.54) is 4.90 Å². The molecule has 0 aliphatic heterocycles. The molecule has 4 nitrogen and oxygen atoms in total. The summed E-state index contributed by atoms with van der Waals surface area (Å²) in [6.07, 6.45) is 1.79. The molecular weight excluding hydrogens is 292 g/mol. The van der Waals surface area contributed by atoms with Crippen LogP contribution in [0.25, 0.3) is 10.8 Å². The van der Waals surface area contributed by atoms with Crippen molar-refractivity contribution >= 4 is 34.3 Å². The van der Waals surface area contributed by atoms with Gasteiger partial charge in [-0.15, -0.1) is 0 Å². The summed E-state index contributed by atoms with van der Waals surface area (Å²) in [7, 11) is 0. The smallest absolute Gasteiger partial charge is 0.192 e. The first-order chi connectivity index (χ1) is 10.6. The number of benzene rings is 2. The Bertz CT molecular complexity index is 840. The number of aliphatic imine (C=N–C) groups is 1. The third-order valence-electron chi connectivity index (χ3n) is 3.25. The summed E-state index contributed by atoms with van der Waals surface area (Å²) in [5.74, 6) is 0.565. The molecule has 110 valence electrons. The Labute approximate surface area is 133 Å². The van der Waals surface area contributed by atoms with Crippen molar-refractivity contribution in [3.63, 3.8) is 0 Å². The Kier molecular flexibility index (Phi) is 3.98. The Morgan fingerprint density at radius 1 is 1.00 bits per heavy atom. The zero-order valence-corrected chi connectivity index (χ0v) is 13.0. The zero-order valence-electron chi connectivity index (χ0n) is 12.2. The molecule has 4 N–H and O–H groups in total. The summed E-state index contributed by atoms with van der Waals surface area (Å²) >= 11 is 1.70. The molecule has 0 spiro atoms. The van der Waals surface area contributed by atoms with E-state index in [0.717, 1.165) is 21.2 Å². The lowest BCUT2D eigenvalue weighted by Crippen LogP contribution is -2.22. The second-order valence-corrected chi connectivity index (χ2v) is 6.07. The molecule has 1 aromatic heterocycles. The molecule has 0 radical (unpaired) electrons. The third kappa shape index (κ3) is 3.04. The normalized spacial score (nSPS) is 10.6. The minimum Gasteiger partial charge on any atom is -0.370 e. The zero-order chi connectivity index (χ0) is 15.5. The minimum atomic E-state index is 0.0127. The Morgan fingerprint density at radius 3 is 2.50 bits per heavy atom. The molecule has 0 aliphatic rings. The van der Waals surface area contributed by atoms with Gasteiger partial charge >= 0.3 is 0 Å². The summed E-state index contributed by atoms with van der Waals surface area (Å²) in [6, 6.07) is 16.5. The van der Waals surface area contributed by atoms with E-state index in [1.807, 2.05) is 25.1 Å². The molecule has 0 amide bonds. The van der Waals surface area contributed by atoms with Crippen molar-refractivity contribution in [1.82, 2.24) is 4.98 Å². The molecule has 3 rings (SSSR count). The molecule has 0 saturated heterocycles. The van der Waals surface area contributed by atoms with Crippen molar-refractivity contribution < 1.29 is 0 Å². The summed E-state index contributed by atoms with van der Waals surface area (Å²) in [5, 5.41) is 2.06. The van der Waals surface area contributed by atoms with E-state index >= 15 is 0 Å². The molecule has 22 heavy (non-hydrogen) atoms. The van der Waals surface area contributed by atoms with Gasteiger partial charge in [0.05, 0.1) is 0 Å². The fourth-order valence-electron chi connectivity index (χ4n) is 2.25. The molecule has 0 aliphatic carbocycles. The molecule has 0 fully saturated rings. The van der Waals surface area contributed by atoms with E-state index in [2.05, 4.69) is 40.3 Å². The molecule has 1 heterocycles. The SMILES string of the molecule is Cc1cnc(N=C(N)N)c2cc(Sc3ccccc3)ccc12. The number of guanidine groups is 1. The van der Waals surface area contributed by atoms with Gasteiger partial charge in [-0.05, 0) is 42.1 Å². The van der Waals surface area contributed by atoms with Crippen molar-refractivity contribution in [2.24, 2.45) is 16.5 Å². The van der Waals surface area contributed by atoms with Crippen molar-refractivity contribution in [2.45, 2.75) is 16.7 Å². The van der Waals surface area contributed by atoms with Crippen LogP contribution in [0.4, 0.5) is 5.82 Å². The van der Waals surface area contributed by atoms with Gasteiger partial charge in [0.15, 0.2) is 11.8 Å². The van der Waals surface area contributed by atoms with Crippen LogP contribution in [0, 0.1) is 6.92 Å². The van der Waals surface area contributed by atoms with Gasteiger partial charge in [0.2, 0.25) is 0 Å². The van der Waals surface area contributed by atoms with Gasteiger partial charge in [-0.2, -0.15) is 4.99 Å². The fraction of sp³-hybridized carbons (Fsp3) is 0.0588. The molecular formula is C17H16N4S. The van der Waals surface area contributed by atoms with Crippen molar-refractivity contribution in [3.05, 3.63) is 60.3 Å². The second kappa shape index (κ2) is 6.07. The van der Waals surface area contributed by atoms with Gasteiger partial charge in [-0.25, -0.2) is 4.98 Å². The lowest BCUT2D eigenvalue weighted by molar-refractivity contribution is 1.25. The average molecular weight is 308 g/mol. The van der Waals surface area contributed by atoms with E-state index in [-0.39, 0.29) is 5.96 Å². The molecule has 2 aromatic carbocycles. The first-order valence-corrected chi connectivity index (χ1v) is 7.67. The lowest BCUT2D eigenvalue weighted by atomic mass is 10.1. The van der Waals surface area contributed by atoms with E-state index < -0.39 is 0 Å². The van der Waals surface area contributed by atoms with Crippen LogP contribution in [0.1, 0.15) is 5.56 Å². The summed E-state index contributed by atoms with van der Waals surface area (Å²) < 4.78 is 0. The monoisotopic (exact) mass is 308 g/mol. The number of hydrogen-bond acceptors (Lipinski definition) is 3. The molecule has 5 heteroatoms. The van der Waals surface area contributed by atoms with Crippen LogP contribution in [0.5, 0.6) is 0 Å². The topological polar surface area (TPSA) is 77.3 Å². The molecule has 0 atom stereocenters. The standard InChI is InChI=1S/C17H16N4S/c1-11-10-20-16(21-17(18)19)15-9-13(7-8-14(11)15)22-12-5-3-2-4-6-12/h2-10H,1H3,(H4,18,19,20,21). The highest BCUT2D eigenvalue weighted by atomic mass is 32.2. The predicted octanol–water partition coefficient (Wildman–Crippen LogP) is 3.60. The maximum Gasteiger partial charge on any atom is 0.192 e. The van der Waals surface area contributed by atoms with Gasteiger partial charge in [-0.3, -0.25) is 0 Å². The Hall–Kier alpha value is -2.53. The minimum absolute atomic E-state index is 0.0127. The summed E-state index contributed by atoms with van der Waals surface area (Å²) in [6.45, 7) is 2.03. The number of nitrogens with zero attached hydrogens (tertiary/aromatic N) is 2. The number of rotatable bonds is 3. The highest BCUT2D eigenvalue weighted by molar-refractivity contribution is 7.99. The number of hydrogen-bond donors (Lipinski definition) is 2. The second-order valence-electron chi connectivity index (χ2n) is 4.92. The van der Waals surface area contributed by atoms with Crippen LogP contribution in [0.15, 0.2) is 69.5 Å². The third-order valence-corrected chi connectivity index (χ3v) is 4.25. The van der Waals surface area contributed by atoms with E-state index in [0.29, 0.717) is 5.82 Å². The number of aryl methyl sites for hydroxylation is 1. The lowest BCUT2D eigenvalue weighted by Gasteiger charge is -2.08. The van der Waals surface area contributed by atoms with Crippen LogP contribution in [-0.4, -0.2) is 10.9 Å². The average Bonchev–Trinajstić information content (AvgIpc) is 2.51. The van der Waals surface area contributed by atoms with Crippen LogP contribution in [0.2, 0.25) is 0 Å². The number of nitrogens with two attached hydrogens (primary N) is 2. The first kappa shape index (κ1) is 14.4. The Balaban J connectivity index is 2.09. The molecule has 0 saturated carbocycles. The van der Waals surface area contributed by atoms with Crippen LogP contribution in [-0.2, 0) is 0 Å². The highest BCUT2D eigenvalue weighted by Gasteiger charge is 2.07. The van der Waals surface area contributed by atoms with Gasteiger partial charge in [0.1, 0.15) is 0 Å². The van der Waals surface area contributed by atoms with Crippen LogP contribution >= 0.6 is 11.8 Å². The summed E-state index contributed by atoms with van der Waals surface area (Å²) in [5.41, 5.74) is 12.1. The fourth-order valence-corrected chi connectivity index (χ4v) is 3.13. The molecule has 3 aromatic rings. The van der Waals surface area contributed by atoms with Crippen molar-refractivity contribution in [3.8, 4) is 0 Å². The van der Waals surface area contributed by atoms with Gasteiger partial charge in [-0.1, -0.05) is 36.0 Å².